The second-order valence-electron chi connectivity index (χ2n) is 5.27. The molecule has 3 rings (SSSR count). The molecule has 84 valence electrons. The molecule has 1 N–H and O–H groups in total. The van der Waals surface area contributed by atoms with Crippen molar-refractivity contribution in [1.82, 2.24) is 5.32 Å². The molecule has 0 aromatic heterocycles. The Labute approximate surface area is 96.3 Å². The zero-order chi connectivity index (χ0) is 10.3. The van der Waals surface area contributed by atoms with Crippen molar-refractivity contribution < 1.29 is 0 Å². The summed E-state index contributed by atoms with van der Waals surface area (Å²) in [5.74, 6) is 3.11. The van der Waals surface area contributed by atoms with Crippen LogP contribution < -0.4 is 5.32 Å². The number of hydrogen-bond donors (Lipinski definition) is 1. The summed E-state index contributed by atoms with van der Waals surface area (Å²) in [5, 5.41) is 4.84. The van der Waals surface area contributed by atoms with Crippen LogP contribution in [0.15, 0.2) is 4.99 Å². The maximum Gasteiger partial charge on any atom is 0.157 e. The van der Waals surface area contributed by atoms with E-state index in [0.717, 1.165) is 11.8 Å². The van der Waals surface area contributed by atoms with Gasteiger partial charge in [0.15, 0.2) is 5.17 Å². The second-order valence-corrected chi connectivity index (χ2v) is 6.28. The predicted octanol–water partition coefficient (Wildman–Crippen LogP) is 2.65. The van der Waals surface area contributed by atoms with Gasteiger partial charge in [-0.15, -0.1) is 0 Å². The van der Waals surface area contributed by atoms with Gasteiger partial charge in [-0.1, -0.05) is 18.2 Å². The van der Waals surface area contributed by atoms with Gasteiger partial charge in [0.2, 0.25) is 0 Å². The SMILES string of the molecule is CC(NC1=NC2CCCC2CS1)C1CC1. The smallest absolute Gasteiger partial charge is 0.157 e. The first-order chi connectivity index (χ1) is 7.33. The van der Waals surface area contributed by atoms with Crippen LogP contribution in [0.3, 0.4) is 0 Å². The van der Waals surface area contributed by atoms with E-state index in [0.29, 0.717) is 12.1 Å². The van der Waals surface area contributed by atoms with Crippen LogP contribution in [0.2, 0.25) is 0 Å². The normalized spacial score (nSPS) is 37.0. The summed E-state index contributed by atoms with van der Waals surface area (Å²) in [6, 6.07) is 1.30. The van der Waals surface area contributed by atoms with E-state index in [4.69, 9.17) is 4.99 Å². The van der Waals surface area contributed by atoms with Gasteiger partial charge in [0, 0.05) is 11.8 Å². The Morgan fingerprint density at radius 1 is 1.33 bits per heavy atom. The first-order valence-corrected chi connectivity index (χ1v) is 7.28. The Morgan fingerprint density at radius 2 is 2.20 bits per heavy atom. The predicted molar refractivity (Wildman–Crippen MR) is 66.3 cm³/mol. The van der Waals surface area contributed by atoms with Gasteiger partial charge in [0.25, 0.3) is 0 Å². The van der Waals surface area contributed by atoms with E-state index in [1.54, 1.807) is 0 Å². The van der Waals surface area contributed by atoms with Crippen molar-refractivity contribution in [2.24, 2.45) is 16.8 Å². The van der Waals surface area contributed by atoms with Crippen LogP contribution in [0.4, 0.5) is 0 Å². The Morgan fingerprint density at radius 3 is 3.00 bits per heavy atom. The van der Waals surface area contributed by atoms with Crippen LogP contribution >= 0.6 is 11.8 Å². The molecule has 2 aliphatic carbocycles. The molecule has 0 amide bonds. The highest BCUT2D eigenvalue weighted by Gasteiger charge is 2.33. The average Bonchev–Trinajstić information content (AvgIpc) is 2.98. The van der Waals surface area contributed by atoms with E-state index < -0.39 is 0 Å². The molecule has 3 heteroatoms. The first-order valence-electron chi connectivity index (χ1n) is 6.30. The van der Waals surface area contributed by atoms with Gasteiger partial charge < -0.3 is 5.32 Å². The lowest BCUT2D eigenvalue weighted by molar-refractivity contribution is 0.525. The van der Waals surface area contributed by atoms with E-state index >= 15 is 0 Å². The molecule has 0 aromatic carbocycles. The van der Waals surface area contributed by atoms with Crippen molar-refractivity contribution in [2.75, 3.05) is 5.75 Å². The molecule has 2 saturated carbocycles. The number of thioether (sulfide) groups is 1. The third kappa shape index (κ3) is 2.17. The maximum absolute atomic E-state index is 4.86. The largest absolute Gasteiger partial charge is 0.362 e. The van der Waals surface area contributed by atoms with E-state index in [1.807, 2.05) is 11.8 Å². The quantitative estimate of drug-likeness (QED) is 0.780. The van der Waals surface area contributed by atoms with Crippen LogP contribution in [0.25, 0.3) is 0 Å². The van der Waals surface area contributed by atoms with Gasteiger partial charge in [-0.05, 0) is 44.4 Å². The fourth-order valence-electron chi connectivity index (χ4n) is 2.74. The number of amidine groups is 1. The van der Waals surface area contributed by atoms with Crippen LogP contribution in [-0.2, 0) is 0 Å². The molecule has 3 unspecified atom stereocenters. The lowest BCUT2D eigenvalue weighted by Gasteiger charge is -2.25. The lowest BCUT2D eigenvalue weighted by Crippen LogP contribution is -2.36. The molecule has 3 aliphatic rings. The summed E-state index contributed by atoms with van der Waals surface area (Å²) in [6.07, 6.45) is 6.96. The maximum atomic E-state index is 4.86. The molecule has 0 spiro atoms. The molecule has 2 fully saturated rings. The molecule has 1 aliphatic heterocycles. The third-order valence-corrected chi connectivity index (χ3v) is 5.11. The summed E-state index contributed by atoms with van der Waals surface area (Å²) in [4.78, 5) is 4.86. The molecule has 15 heavy (non-hydrogen) atoms. The number of aliphatic imine (C=N–C) groups is 1. The lowest BCUT2D eigenvalue weighted by atomic mass is 10.1. The molecule has 0 saturated heterocycles. The summed E-state index contributed by atoms with van der Waals surface area (Å²) in [5.41, 5.74) is 0. The van der Waals surface area contributed by atoms with E-state index in [1.165, 1.54) is 43.0 Å². The van der Waals surface area contributed by atoms with Gasteiger partial charge in [0.05, 0.1) is 6.04 Å². The molecule has 0 radical (unpaired) electrons. The Hall–Kier alpha value is -0.180. The summed E-state index contributed by atoms with van der Waals surface area (Å²) < 4.78 is 0. The standard InChI is InChI=1S/C12H20N2S/c1-8(9-5-6-9)13-12-14-11-4-2-3-10(11)7-15-12/h8-11H,2-7H2,1H3,(H,13,14). The van der Waals surface area contributed by atoms with E-state index in [2.05, 4.69) is 12.2 Å². The molecule has 0 aromatic rings. The van der Waals surface area contributed by atoms with E-state index in [-0.39, 0.29) is 0 Å². The second kappa shape index (κ2) is 4.00. The zero-order valence-electron chi connectivity index (χ0n) is 9.41. The van der Waals surface area contributed by atoms with Crippen LogP contribution in [0.5, 0.6) is 0 Å². The molecular formula is C12H20N2S. The van der Waals surface area contributed by atoms with Crippen molar-refractivity contribution in [3.8, 4) is 0 Å². The Kier molecular flexibility index (Phi) is 2.67. The summed E-state index contributed by atoms with van der Waals surface area (Å²) >= 11 is 1.95. The highest BCUT2D eigenvalue weighted by molar-refractivity contribution is 8.13. The van der Waals surface area contributed by atoms with Gasteiger partial charge in [-0.25, -0.2) is 0 Å². The Bertz CT molecular complexity index is 273. The molecule has 3 atom stereocenters. The van der Waals surface area contributed by atoms with Crippen molar-refractivity contribution in [3.05, 3.63) is 0 Å². The molecule has 0 bridgehead atoms. The van der Waals surface area contributed by atoms with Crippen molar-refractivity contribution >= 4 is 16.9 Å². The first kappa shape index (κ1) is 10.0. The molecular weight excluding hydrogens is 204 g/mol. The number of hydrogen-bond acceptors (Lipinski definition) is 3. The summed E-state index contributed by atoms with van der Waals surface area (Å²) in [7, 11) is 0. The minimum absolute atomic E-state index is 0.647. The van der Waals surface area contributed by atoms with Crippen LogP contribution in [0.1, 0.15) is 39.0 Å². The summed E-state index contributed by atoms with van der Waals surface area (Å²) in [6.45, 7) is 2.31. The van der Waals surface area contributed by atoms with Crippen LogP contribution in [0, 0.1) is 11.8 Å². The van der Waals surface area contributed by atoms with Crippen molar-refractivity contribution in [1.29, 1.82) is 0 Å². The number of fused-ring (bicyclic) bond motifs is 1. The average molecular weight is 224 g/mol. The highest BCUT2D eigenvalue weighted by atomic mass is 32.2. The minimum atomic E-state index is 0.647. The molecule has 1 heterocycles. The van der Waals surface area contributed by atoms with Gasteiger partial charge in [-0.3, -0.25) is 4.99 Å². The van der Waals surface area contributed by atoms with Crippen LogP contribution in [-0.4, -0.2) is 23.0 Å². The number of nitrogens with one attached hydrogen (secondary N) is 1. The van der Waals surface area contributed by atoms with E-state index in [9.17, 15) is 0 Å². The van der Waals surface area contributed by atoms with Crippen molar-refractivity contribution in [2.45, 2.75) is 51.1 Å². The third-order valence-electron chi connectivity index (χ3n) is 4.02. The van der Waals surface area contributed by atoms with Gasteiger partial charge in [-0.2, -0.15) is 0 Å². The van der Waals surface area contributed by atoms with Gasteiger partial charge >= 0.3 is 0 Å². The minimum Gasteiger partial charge on any atom is -0.362 e. The number of nitrogens with zero attached hydrogens (tertiary/aromatic N) is 1. The Balaban J connectivity index is 1.60. The van der Waals surface area contributed by atoms with Gasteiger partial charge in [0.1, 0.15) is 0 Å². The number of rotatable bonds is 2. The fourth-order valence-corrected chi connectivity index (χ4v) is 3.98. The topological polar surface area (TPSA) is 24.4 Å². The monoisotopic (exact) mass is 224 g/mol. The highest BCUT2D eigenvalue weighted by Crippen LogP contribution is 2.36. The zero-order valence-corrected chi connectivity index (χ0v) is 10.2. The fraction of sp³-hybridized carbons (Fsp3) is 0.917. The van der Waals surface area contributed by atoms with Crippen molar-refractivity contribution in [3.63, 3.8) is 0 Å². The molecule has 2 nitrogen and oxygen atoms in total.